The maximum absolute atomic E-state index is 12.6. The molecule has 1 aliphatic rings. The van der Waals surface area contributed by atoms with Gasteiger partial charge in [0.05, 0.1) is 0 Å². The molecule has 0 aliphatic heterocycles. The molecule has 0 amide bonds. The van der Waals surface area contributed by atoms with Crippen LogP contribution in [0.1, 0.15) is 25.7 Å². The molecule has 7 heteroatoms. The predicted molar refractivity (Wildman–Crippen MR) is 45.7 cm³/mol. The summed E-state index contributed by atoms with van der Waals surface area (Å²) in [6.07, 6.45) is -2.61. The van der Waals surface area contributed by atoms with Crippen LogP contribution in [0.25, 0.3) is 0 Å². The molecule has 1 saturated carbocycles. The van der Waals surface area contributed by atoms with Crippen molar-refractivity contribution >= 4 is 5.97 Å². The third-order valence-corrected chi connectivity index (χ3v) is 2.66. The van der Waals surface area contributed by atoms with Crippen LogP contribution in [-0.2, 0) is 9.53 Å². The van der Waals surface area contributed by atoms with E-state index in [1.54, 1.807) is 0 Å². The third kappa shape index (κ3) is 2.63. The van der Waals surface area contributed by atoms with Crippen molar-refractivity contribution in [2.45, 2.75) is 43.6 Å². The number of hydrogen-bond donors (Lipinski definition) is 1. The van der Waals surface area contributed by atoms with E-state index in [4.69, 9.17) is 5.11 Å². The number of alkyl halides is 4. The van der Waals surface area contributed by atoms with Gasteiger partial charge >= 0.3 is 18.3 Å². The van der Waals surface area contributed by atoms with Gasteiger partial charge in [0.1, 0.15) is 6.61 Å². The number of aliphatic carboxylic acids is 1. The minimum Gasteiger partial charge on any atom is -0.479 e. The number of halogens is 4. The smallest absolute Gasteiger partial charge is 0.335 e. The summed E-state index contributed by atoms with van der Waals surface area (Å²) in [5, 5.41) is 8.84. The molecule has 0 aromatic rings. The van der Waals surface area contributed by atoms with Crippen LogP contribution >= 0.6 is 0 Å². The molecule has 1 aliphatic carbocycles. The average Bonchev–Trinajstić information content (AvgIpc) is 2.64. The van der Waals surface area contributed by atoms with Crippen molar-refractivity contribution in [2.24, 2.45) is 0 Å². The van der Waals surface area contributed by atoms with Crippen molar-refractivity contribution in [3.63, 3.8) is 0 Å². The van der Waals surface area contributed by atoms with Crippen LogP contribution in [0, 0.1) is 0 Å². The summed E-state index contributed by atoms with van der Waals surface area (Å²) in [6, 6.07) is 0. The highest BCUT2D eigenvalue weighted by Gasteiger charge is 2.48. The van der Waals surface area contributed by atoms with Crippen molar-refractivity contribution in [3.05, 3.63) is 0 Å². The van der Waals surface area contributed by atoms with Gasteiger partial charge in [-0.2, -0.15) is 8.78 Å². The number of ether oxygens (including phenoxy) is 1. The van der Waals surface area contributed by atoms with E-state index in [1.165, 1.54) is 0 Å². The lowest BCUT2D eigenvalue weighted by atomic mass is 10.0. The highest BCUT2D eigenvalue weighted by molar-refractivity contribution is 5.77. The minimum absolute atomic E-state index is 0.0850. The molecule has 0 atom stereocenters. The Hall–Kier alpha value is -0.850. The molecule has 3 nitrogen and oxygen atoms in total. The Bertz CT molecular complexity index is 261. The molecule has 0 spiro atoms. The van der Waals surface area contributed by atoms with Gasteiger partial charge in [0.25, 0.3) is 0 Å². The van der Waals surface area contributed by atoms with Crippen LogP contribution in [0.15, 0.2) is 0 Å². The molecular weight excluding hydrogens is 232 g/mol. The maximum atomic E-state index is 12.6. The van der Waals surface area contributed by atoms with Crippen LogP contribution in [-0.4, -0.2) is 35.6 Å². The average molecular weight is 244 g/mol. The van der Waals surface area contributed by atoms with Crippen LogP contribution in [0.4, 0.5) is 17.6 Å². The zero-order valence-electron chi connectivity index (χ0n) is 8.39. The largest absolute Gasteiger partial charge is 0.479 e. The van der Waals surface area contributed by atoms with E-state index < -0.39 is 30.5 Å². The van der Waals surface area contributed by atoms with E-state index in [1.807, 2.05) is 0 Å². The molecule has 0 unspecified atom stereocenters. The Morgan fingerprint density at radius 2 is 1.88 bits per heavy atom. The number of hydrogen-bond acceptors (Lipinski definition) is 2. The van der Waals surface area contributed by atoms with Crippen LogP contribution in [0.5, 0.6) is 0 Å². The van der Waals surface area contributed by atoms with Crippen molar-refractivity contribution in [2.75, 3.05) is 6.61 Å². The lowest BCUT2D eigenvalue weighted by Crippen LogP contribution is -2.44. The standard InChI is InChI=1S/C9H12F4O3/c10-6(11)9(12,13)5-16-8(7(14)15)3-1-2-4-8/h6H,1-5H2,(H,14,15). The predicted octanol–water partition coefficient (Wildman–Crippen LogP) is 2.30. The SMILES string of the molecule is O=C(O)C1(OCC(F)(F)C(F)F)CCCC1. The summed E-state index contributed by atoms with van der Waals surface area (Å²) in [6.45, 7) is -1.56. The summed E-state index contributed by atoms with van der Waals surface area (Å²) in [5.41, 5.74) is -1.71. The quantitative estimate of drug-likeness (QED) is 0.755. The van der Waals surface area contributed by atoms with Gasteiger partial charge < -0.3 is 9.84 Å². The molecule has 1 fully saturated rings. The van der Waals surface area contributed by atoms with E-state index in [0.29, 0.717) is 12.8 Å². The summed E-state index contributed by atoms with van der Waals surface area (Å²) < 4.78 is 53.3. The Morgan fingerprint density at radius 3 is 2.25 bits per heavy atom. The Balaban J connectivity index is 2.61. The van der Waals surface area contributed by atoms with Crippen molar-refractivity contribution in [1.29, 1.82) is 0 Å². The first-order valence-electron chi connectivity index (χ1n) is 4.83. The summed E-state index contributed by atoms with van der Waals surface area (Å²) >= 11 is 0. The second kappa shape index (κ2) is 4.57. The first-order chi connectivity index (χ1) is 7.30. The lowest BCUT2D eigenvalue weighted by Gasteiger charge is -2.26. The molecule has 0 radical (unpaired) electrons. The molecule has 0 aromatic carbocycles. The molecule has 0 heterocycles. The van der Waals surface area contributed by atoms with Crippen LogP contribution in [0.3, 0.4) is 0 Å². The van der Waals surface area contributed by atoms with Gasteiger partial charge in [-0.3, -0.25) is 0 Å². The Morgan fingerprint density at radius 1 is 1.38 bits per heavy atom. The van der Waals surface area contributed by atoms with Gasteiger partial charge in [-0.25, -0.2) is 13.6 Å². The second-order valence-electron chi connectivity index (χ2n) is 3.86. The van der Waals surface area contributed by atoms with Gasteiger partial charge in [-0.15, -0.1) is 0 Å². The molecule has 16 heavy (non-hydrogen) atoms. The third-order valence-electron chi connectivity index (χ3n) is 2.66. The van der Waals surface area contributed by atoms with E-state index in [0.717, 1.165) is 0 Å². The molecular formula is C9H12F4O3. The van der Waals surface area contributed by atoms with Gasteiger partial charge in [-0.1, -0.05) is 0 Å². The normalized spacial score (nSPS) is 20.3. The second-order valence-corrected chi connectivity index (χ2v) is 3.86. The Kier molecular flexibility index (Phi) is 3.77. The van der Waals surface area contributed by atoms with Crippen LogP contribution < -0.4 is 0 Å². The minimum atomic E-state index is -4.30. The monoisotopic (exact) mass is 244 g/mol. The zero-order chi connectivity index (χ0) is 12.4. The van der Waals surface area contributed by atoms with E-state index in [-0.39, 0.29) is 12.8 Å². The van der Waals surface area contributed by atoms with Crippen molar-refractivity contribution in [1.82, 2.24) is 0 Å². The van der Waals surface area contributed by atoms with Gasteiger partial charge in [-0.05, 0) is 25.7 Å². The first-order valence-corrected chi connectivity index (χ1v) is 4.83. The highest BCUT2D eigenvalue weighted by atomic mass is 19.3. The van der Waals surface area contributed by atoms with Gasteiger partial charge in [0.2, 0.25) is 0 Å². The number of carbonyl (C=O) groups is 1. The number of carboxylic acid groups (broad SMARTS) is 1. The first kappa shape index (κ1) is 13.2. The summed E-state index contributed by atoms with van der Waals surface area (Å²) in [4.78, 5) is 10.9. The highest BCUT2D eigenvalue weighted by Crippen LogP contribution is 2.35. The van der Waals surface area contributed by atoms with Crippen molar-refractivity contribution < 1.29 is 32.2 Å². The van der Waals surface area contributed by atoms with E-state index in [2.05, 4.69) is 4.74 Å². The topological polar surface area (TPSA) is 46.5 Å². The lowest BCUT2D eigenvalue weighted by molar-refractivity contribution is -0.204. The molecule has 94 valence electrons. The molecule has 1 N–H and O–H groups in total. The van der Waals surface area contributed by atoms with Crippen LogP contribution in [0.2, 0.25) is 0 Å². The summed E-state index contributed by atoms with van der Waals surface area (Å²) in [5.74, 6) is -5.67. The Labute approximate surface area is 89.4 Å². The molecule has 0 bridgehead atoms. The molecule has 0 aromatic heterocycles. The number of carboxylic acids is 1. The maximum Gasteiger partial charge on any atom is 0.335 e. The van der Waals surface area contributed by atoms with Gasteiger partial charge in [0, 0.05) is 0 Å². The van der Waals surface area contributed by atoms with E-state index >= 15 is 0 Å². The molecule has 0 saturated heterocycles. The summed E-state index contributed by atoms with van der Waals surface area (Å²) in [7, 11) is 0. The fraction of sp³-hybridized carbons (Fsp3) is 0.889. The fourth-order valence-electron chi connectivity index (χ4n) is 1.66. The fourth-order valence-corrected chi connectivity index (χ4v) is 1.66. The molecule has 1 rings (SSSR count). The number of rotatable bonds is 5. The van der Waals surface area contributed by atoms with E-state index in [9.17, 15) is 22.4 Å². The van der Waals surface area contributed by atoms with Crippen molar-refractivity contribution in [3.8, 4) is 0 Å². The van der Waals surface area contributed by atoms with Gasteiger partial charge in [0.15, 0.2) is 5.60 Å². The zero-order valence-corrected chi connectivity index (χ0v) is 8.39.